The molecule has 0 saturated carbocycles. The number of hydrogen-bond donors (Lipinski definition) is 2. The third-order valence-electron chi connectivity index (χ3n) is 4.29. The minimum Gasteiger partial charge on any atom is -0.455 e. The van der Waals surface area contributed by atoms with Crippen molar-refractivity contribution in [3.63, 3.8) is 0 Å². The van der Waals surface area contributed by atoms with Crippen LogP contribution in [0, 0.1) is 5.82 Å². The van der Waals surface area contributed by atoms with Gasteiger partial charge in [-0.3, -0.25) is 9.52 Å². The van der Waals surface area contributed by atoms with Crippen LogP contribution < -0.4 is 10.0 Å². The van der Waals surface area contributed by atoms with E-state index >= 15 is 0 Å². The lowest BCUT2D eigenvalue weighted by atomic mass is 10.0. The molecule has 2 N–H and O–H groups in total. The Morgan fingerprint density at radius 1 is 1.18 bits per heavy atom. The number of fused-ring (bicyclic) bond motifs is 1. The largest absolute Gasteiger partial charge is 0.455 e. The number of sulfonamides is 1. The van der Waals surface area contributed by atoms with Crippen molar-refractivity contribution in [3.05, 3.63) is 53.3 Å². The van der Waals surface area contributed by atoms with E-state index in [4.69, 9.17) is 4.42 Å². The van der Waals surface area contributed by atoms with E-state index in [1.807, 2.05) is 6.92 Å². The molecule has 0 atom stereocenters. The first-order valence-electron chi connectivity index (χ1n) is 8.78. The molecule has 1 amide bonds. The lowest BCUT2D eigenvalue weighted by Crippen LogP contribution is -2.18. The van der Waals surface area contributed by atoms with Gasteiger partial charge in [-0.05, 0) is 42.3 Å². The molecule has 0 aliphatic rings. The molecule has 28 heavy (non-hydrogen) atoms. The molecule has 1 aromatic heterocycles. The second-order valence-electron chi connectivity index (χ2n) is 6.52. The smallest absolute Gasteiger partial charge is 0.255 e. The molecule has 0 aliphatic heterocycles. The van der Waals surface area contributed by atoms with E-state index in [0.29, 0.717) is 40.0 Å². The predicted octanol–water partition coefficient (Wildman–Crippen LogP) is 3.92. The van der Waals surface area contributed by atoms with Crippen LogP contribution >= 0.6 is 0 Å². The van der Waals surface area contributed by atoms with Crippen molar-refractivity contribution >= 4 is 32.6 Å². The molecule has 1 heterocycles. The van der Waals surface area contributed by atoms with Crippen LogP contribution in [0.3, 0.4) is 0 Å². The fraction of sp³-hybridized carbons (Fsp3) is 0.250. The summed E-state index contributed by atoms with van der Waals surface area (Å²) in [5.74, 6) is -0.441. The number of halogens is 1. The van der Waals surface area contributed by atoms with Crippen LogP contribution in [-0.4, -0.2) is 27.6 Å². The molecule has 0 spiro atoms. The molecule has 2 aromatic carbocycles. The van der Waals surface area contributed by atoms with Gasteiger partial charge < -0.3 is 9.73 Å². The third-order valence-corrected chi connectivity index (χ3v) is 4.88. The lowest BCUT2D eigenvalue weighted by molar-refractivity contribution is 0.0964. The first-order chi connectivity index (χ1) is 13.2. The number of anilines is 1. The van der Waals surface area contributed by atoms with Gasteiger partial charge in [-0.2, -0.15) is 0 Å². The molecule has 0 saturated heterocycles. The molecule has 0 fully saturated rings. The summed E-state index contributed by atoms with van der Waals surface area (Å²) in [6, 6.07) is 8.99. The first-order valence-corrected chi connectivity index (χ1v) is 10.7. The minimum atomic E-state index is -3.48. The maximum absolute atomic E-state index is 13.3. The zero-order valence-corrected chi connectivity index (χ0v) is 16.6. The monoisotopic (exact) mass is 404 g/mol. The Bertz CT molecular complexity index is 1140. The van der Waals surface area contributed by atoms with Crippen LogP contribution in [0.25, 0.3) is 22.3 Å². The number of carbonyl (C=O) groups is 1. The molecule has 3 rings (SSSR count). The molecule has 6 nitrogen and oxygen atoms in total. The van der Waals surface area contributed by atoms with Crippen LogP contribution in [-0.2, 0) is 16.4 Å². The summed E-state index contributed by atoms with van der Waals surface area (Å²) in [5.41, 5.74) is 2.42. The fourth-order valence-electron chi connectivity index (χ4n) is 3.11. The summed E-state index contributed by atoms with van der Waals surface area (Å²) in [5, 5.41) is 3.17. The summed E-state index contributed by atoms with van der Waals surface area (Å²) in [6.07, 6.45) is 2.49. The standard InChI is InChI=1S/C20H21FN2O4S/c1-4-5-13-10-15-17(11-16(13)23-28(3,25)26)27-19(18(15)20(24)22-2)12-6-8-14(21)9-7-12/h6-11,23H,4-5H2,1-3H3,(H,22,24). The van der Waals surface area contributed by atoms with Crippen molar-refractivity contribution in [2.24, 2.45) is 0 Å². The van der Waals surface area contributed by atoms with Crippen LogP contribution in [0.15, 0.2) is 40.8 Å². The fourth-order valence-corrected chi connectivity index (χ4v) is 3.70. The lowest BCUT2D eigenvalue weighted by Gasteiger charge is -2.10. The van der Waals surface area contributed by atoms with Crippen molar-refractivity contribution in [1.29, 1.82) is 0 Å². The Labute approximate surface area is 162 Å². The first kappa shape index (κ1) is 19.9. The van der Waals surface area contributed by atoms with Crippen molar-refractivity contribution < 1.29 is 22.0 Å². The van der Waals surface area contributed by atoms with E-state index in [2.05, 4.69) is 10.0 Å². The van der Waals surface area contributed by atoms with E-state index in [1.54, 1.807) is 12.1 Å². The highest BCUT2D eigenvalue weighted by atomic mass is 32.2. The van der Waals surface area contributed by atoms with Crippen molar-refractivity contribution in [2.45, 2.75) is 19.8 Å². The molecule has 0 aliphatic carbocycles. The van der Waals surface area contributed by atoms with Crippen LogP contribution in [0.2, 0.25) is 0 Å². The number of amides is 1. The highest BCUT2D eigenvalue weighted by Gasteiger charge is 2.23. The number of carbonyl (C=O) groups excluding carboxylic acids is 1. The minimum absolute atomic E-state index is 0.299. The van der Waals surface area contributed by atoms with Gasteiger partial charge in [0.05, 0.1) is 17.5 Å². The van der Waals surface area contributed by atoms with Gasteiger partial charge in [0.1, 0.15) is 17.2 Å². The average Bonchev–Trinajstić information content (AvgIpc) is 2.99. The zero-order valence-electron chi connectivity index (χ0n) is 15.8. The van der Waals surface area contributed by atoms with E-state index in [9.17, 15) is 17.6 Å². The van der Waals surface area contributed by atoms with Gasteiger partial charge >= 0.3 is 0 Å². The van der Waals surface area contributed by atoms with E-state index in [-0.39, 0.29) is 5.91 Å². The van der Waals surface area contributed by atoms with E-state index in [1.165, 1.54) is 31.3 Å². The van der Waals surface area contributed by atoms with Crippen LogP contribution in [0.1, 0.15) is 29.3 Å². The third kappa shape index (κ3) is 4.01. The average molecular weight is 404 g/mol. The van der Waals surface area contributed by atoms with Gasteiger partial charge in [-0.15, -0.1) is 0 Å². The van der Waals surface area contributed by atoms with Gasteiger partial charge in [0.15, 0.2) is 0 Å². The maximum Gasteiger partial charge on any atom is 0.255 e. The highest BCUT2D eigenvalue weighted by Crippen LogP contribution is 2.37. The summed E-state index contributed by atoms with van der Waals surface area (Å²) < 4.78 is 45.2. The van der Waals surface area contributed by atoms with Gasteiger partial charge in [-0.25, -0.2) is 12.8 Å². The van der Waals surface area contributed by atoms with Crippen molar-refractivity contribution in [2.75, 3.05) is 18.0 Å². The Morgan fingerprint density at radius 3 is 2.43 bits per heavy atom. The molecule has 0 unspecified atom stereocenters. The molecular formula is C20H21FN2O4S. The Hall–Kier alpha value is -2.87. The maximum atomic E-state index is 13.3. The summed E-state index contributed by atoms with van der Waals surface area (Å²) in [6.45, 7) is 1.98. The van der Waals surface area contributed by atoms with Gasteiger partial charge in [0, 0.05) is 24.1 Å². The second-order valence-corrected chi connectivity index (χ2v) is 8.27. The number of hydrogen-bond acceptors (Lipinski definition) is 4. The molecule has 148 valence electrons. The number of aryl methyl sites for hydroxylation is 1. The molecule has 0 radical (unpaired) electrons. The SMILES string of the molecule is CCCc1cc2c(C(=O)NC)c(-c3ccc(F)cc3)oc2cc1NS(C)(=O)=O. The van der Waals surface area contributed by atoms with Gasteiger partial charge in [-0.1, -0.05) is 13.3 Å². The molecule has 0 bridgehead atoms. The summed E-state index contributed by atoms with van der Waals surface area (Å²) >= 11 is 0. The Kier molecular flexibility index (Phi) is 5.42. The number of nitrogens with one attached hydrogen (secondary N) is 2. The van der Waals surface area contributed by atoms with Crippen LogP contribution in [0.4, 0.5) is 10.1 Å². The number of benzene rings is 2. The Morgan fingerprint density at radius 2 is 1.86 bits per heavy atom. The normalized spacial score (nSPS) is 11.6. The van der Waals surface area contributed by atoms with Crippen molar-refractivity contribution in [1.82, 2.24) is 5.32 Å². The van der Waals surface area contributed by atoms with Gasteiger partial charge in [0.25, 0.3) is 5.91 Å². The molecular weight excluding hydrogens is 383 g/mol. The highest BCUT2D eigenvalue weighted by molar-refractivity contribution is 7.92. The molecule has 8 heteroatoms. The van der Waals surface area contributed by atoms with Crippen molar-refractivity contribution in [3.8, 4) is 11.3 Å². The van der Waals surface area contributed by atoms with Crippen LogP contribution in [0.5, 0.6) is 0 Å². The summed E-state index contributed by atoms with van der Waals surface area (Å²) in [7, 11) is -1.96. The predicted molar refractivity (Wildman–Crippen MR) is 107 cm³/mol. The summed E-state index contributed by atoms with van der Waals surface area (Å²) in [4.78, 5) is 12.6. The zero-order chi connectivity index (χ0) is 20.5. The second kappa shape index (κ2) is 7.63. The topological polar surface area (TPSA) is 88.4 Å². The van der Waals surface area contributed by atoms with E-state index < -0.39 is 15.8 Å². The number of rotatable bonds is 6. The molecule has 3 aromatic rings. The number of furan rings is 1. The quantitative estimate of drug-likeness (QED) is 0.652. The Balaban J connectivity index is 2.29. The van der Waals surface area contributed by atoms with Gasteiger partial charge in [0.2, 0.25) is 10.0 Å². The van der Waals surface area contributed by atoms with E-state index in [0.717, 1.165) is 18.2 Å².